The second-order valence-electron chi connectivity index (χ2n) is 8.87. The number of methoxy groups -OCH3 is 1. The van der Waals surface area contributed by atoms with Crippen molar-refractivity contribution in [3.05, 3.63) is 68.6 Å². The number of carbonyl (C=O) groups is 1. The lowest BCUT2D eigenvalue weighted by Crippen LogP contribution is -2.31. The third-order valence-corrected chi connectivity index (χ3v) is 6.19. The number of amides is 1. The first-order valence-electron chi connectivity index (χ1n) is 12.2. The van der Waals surface area contributed by atoms with E-state index in [-0.39, 0.29) is 17.1 Å². The first-order valence-corrected chi connectivity index (χ1v) is 12.2. The molecule has 35 heavy (non-hydrogen) atoms. The van der Waals surface area contributed by atoms with Gasteiger partial charge in [-0.3, -0.25) is 9.59 Å². The van der Waals surface area contributed by atoms with Crippen LogP contribution in [0.15, 0.2) is 39.5 Å². The van der Waals surface area contributed by atoms with Gasteiger partial charge < -0.3 is 23.5 Å². The molecule has 3 aromatic rings. The van der Waals surface area contributed by atoms with Gasteiger partial charge in [0.25, 0.3) is 5.91 Å². The van der Waals surface area contributed by atoms with Crippen LogP contribution in [0.5, 0.6) is 11.5 Å². The Morgan fingerprint density at radius 2 is 1.80 bits per heavy atom. The molecule has 186 valence electrons. The van der Waals surface area contributed by atoms with E-state index in [4.69, 9.17) is 18.6 Å². The summed E-state index contributed by atoms with van der Waals surface area (Å²) in [5.74, 6) is 1.06. The second-order valence-corrected chi connectivity index (χ2v) is 8.87. The van der Waals surface area contributed by atoms with Gasteiger partial charge in [0, 0.05) is 20.3 Å². The van der Waals surface area contributed by atoms with Crippen molar-refractivity contribution in [2.75, 3.05) is 33.5 Å². The molecule has 4 rings (SSSR count). The molecule has 1 unspecified atom stereocenters. The minimum Gasteiger partial charge on any atom is -0.490 e. The van der Waals surface area contributed by atoms with Gasteiger partial charge in [0.15, 0.2) is 16.9 Å². The van der Waals surface area contributed by atoms with Crippen molar-refractivity contribution < 1.29 is 23.4 Å². The van der Waals surface area contributed by atoms with E-state index in [1.54, 1.807) is 12.0 Å². The standard InChI is InChI=1S/C28H33NO6/c1-6-12-34-21-10-9-19(16-22(21)33-7-2)24-23-25(30)20-15-17(3)14-18(4)26(20)35-27(23)28(31)29(24)11-8-13-32-5/h9-10,14-16,24H,6-8,11-13H2,1-5H3. The normalized spacial score (nSPS) is 15.1. The van der Waals surface area contributed by atoms with Gasteiger partial charge in [-0.05, 0) is 68.5 Å². The maximum Gasteiger partial charge on any atom is 0.290 e. The average Bonchev–Trinajstić information content (AvgIpc) is 3.11. The van der Waals surface area contributed by atoms with E-state index in [2.05, 4.69) is 0 Å². The predicted octanol–water partition coefficient (Wildman–Crippen LogP) is 5.18. The van der Waals surface area contributed by atoms with E-state index >= 15 is 0 Å². The Morgan fingerprint density at radius 3 is 2.51 bits per heavy atom. The first-order chi connectivity index (χ1) is 16.9. The zero-order chi connectivity index (χ0) is 25.1. The fraction of sp³-hybridized carbons (Fsp3) is 0.429. The van der Waals surface area contributed by atoms with Crippen LogP contribution in [0.2, 0.25) is 0 Å². The molecule has 0 saturated carbocycles. The summed E-state index contributed by atoms with van der Waals surface area (Å²) in [4.78, 5) is 29.1. The Morgan fingerprint density at radius 1 is 1.00 bits per heavy atom. The third-order valence-electron chi connectivity index (χ3n) is 6.19. The van der Waals surface area contributed by atoms with Crippen molar-refractivity contribution in [2.24, 2.45) is 0 Å². The monoisotopic (exact) mass is 479 g/mol. The topological polar surface area (TPSA) is 78.2 Å². The van der Waals surface area contributed by atoms with Gasteiger partial charge in [-0.15, -0.1) is 0 Å². The third kappa shape index (κ3) is 4.65. The van der Waals surface area contributed by atoms with E-state index in [9.17, 15) is 9.59 Å². The predicted molar refractivity (Wildman–Crippen MR) is 135 cm³/mol. The van der Waals surface area contributed by atoms with Gasteiger partial charge in [0.1, 0.15) is 5.58 Å². The number of ether oxygens (including phenoxy) is 3. The lowest BCUT2D eigenvalue weighted by molar-refractivity contribution is 0.0707. The van der Waals surface area contributed by atoms with Gasteiger partial charge in [0.2, 0.25) is 5.76 Å². The Hall–Kier alpha value is -3.32. The quantitative estimate of drug-likeness (QED) is 0.373. The summed E-state index contributed by atoms with van der Waals surface area (Å²) in [6.07, 6.45) is 1.51. The molecule has 1 atom stereocenters. The largest absolute Gasteiger partial charge is 0.490 e. The second kappa shape index (κ2) is 10.5. The molecule has 1 aromatic heterocycles. The Balaban J connectivity index is 1.90. The summed E-state index contributed by atoms with van der Waals surface area (Å²) < 4.78 is 23.1. The highest BCUT2D eigenvalue weighted by Crippen LogP contribution is 2.41. The highest BCUT2D eigenvalue weighted by molar-refractivity contribution is 5.99. The number of fused-ring (bicyclic) bond motifs is 2. The van der Waals surface area contributed by atoms with Crippen LogP contribution in [0.3, 0.4) is 0 Å². The van der Waals surface area contributed by atoms with Crippen LogP contribution in [0, 0.1) is 13.8 Å². The van der Waals surface area contributed by atoms with Gasteiger partial charge in [0.05, 0.1) is 30.2 Å². The first kappa shape index (κ1) is 24.8. The van der Waals surface area contributed by atoms with Crippen LogP contribution in [0.1, 0.15) is 65.5 Å². The number of hydrogen-bond donors (Lipinski definition) is 0. The van der Waals surface area contributed by atoms with Crippen LogP contribution >= 0.6 is 0 Å². The molecular weight excluding hydrogens is 446 g/mol. The molecule has 0 aliphatic carbocycles. The molecule has 2 heterocycles. The van der Waals surface area contributed by atoms with Gasteiger partial charge in [-0.1, -0.05) is 19.1 Å². The maximum absolute atomic E-state index is 13.8. The van der Waals surface area contributed by atoms with Gasteiger partial charge in [-0.2, -0.15) is 0 Å². The van der Waals surface area contributed by atoms with Gasteiger partial charge >= 0.3 is 0 Å². The molecular formula is C28H33NO6. The molecule has 2 aromatic carbocycles. The summed E-state index contributed by atoms with van der Waals surface area (Å²) in [6, 6.07) is 8.81. The molecule has 0 saturated heterocycles. The lowest BCUT2D eigenvalue weighted by atomic mass is 9.97. The summed E-state index contributed by atoms with van der Waals surface area (Å²) in [5.41, 5.74) is 3.23. The molecule has 0 fully saturated rings. The van der Waals surface area contributed by atoms with E-state index < -0.39 is 6.04 Å². The molecule has 0 bridgehead atoms. The SMILES string of the molecule is CCCOc1ccc(C2c3c(oc4c(C)cc(C)cc4c3=O)C(=O)N2CCCOC)cc1OCC. The number of nitrogens with zero attached hydrogens (tertiary/aromatic N) is 1. The van der Waals surface area contributed by atoms with Crippen molar-refractivity contribution in [3.63, 3.8) is 0 Å². The van der Waals surface area contributed by atoms with E-state index in [0.717, 1.165) is 23.1 Å². The van der Waals surface area contributed by atoms with E-state index in [1.165, 1.54) is 0 Å². The summed E-state index contributed by atoms with van der Waals surface area (Å²) in [5, 5.41) is 0.491. The summed E-state index contributed by atoms with van der Waals surface area (Å²) in [7, 11) is 1.63. The highest BCUT2D eigenvalue weighted by atomic mass is 16.5. The Bertz CT molecular complexity index is 1290. The van der Waals surface area contributed by atoms with Crippen LogP contribution in [0.25, 0.3) is 11.0 Å². The fourth-order valence-electron chi connectivity index (χ4n) is 4.73. The zero-order valence-corrected chi connectivity index (χ0v) is 21.1. The molecule has 0 radical (unpaired) electrons. The number of carbonyl (C=O) groups excluding carboxylic acids is 1. The molecule has 0 spiro atoms. The van der Waals surface area contributed by atoms with Crippen molar-refractivity contribution in [1.82, 2.24) is 4.90 Å². The van der Waals surface area contributed by atoms with E-state index in [1.807, 2.05) is 58.0 Å². The molecule has 7 nitrogen and oxygen atoms in total. The van der Waals surface area contributed by atoms with Crippen LogP contribution in [-0.4, -0.2) is 44.3 Å². The Kier molecular flexibility index (Phi) is 7.45. The average molecular weight is 480 g/mol. The van der Waals surface area contributed by atoms with Crippen molar-refractivity contribution in [1.29, 1.82) is 0 Å². The van der Waals surface area contributed by atoms with Crippen molar-refractivity contribution in [3.8, 4) is 11.5 Å². The summed E-state index contributed by atoms with van der Waals surface area (Å²) in [6.45, 7) is 9.75. The van der Waals surface area contributed by atoms with Gasteiger partial charge in [-0.25, -0.2) is 0 Å². The number of benzene rings is 2. The molecule has 0 N–H and O–H groups in total. The molecule has 1 aliphatic rings. The highest BCUT2D eigenvalue weighted by Gasteiger charge is 2.42. The van der Waals surface area contributed by atoms with Crippen LogP contribution in [-0.2, 0) is 4.74 Å². The van der Waals surface area contributed by atoms with E-state index in [0.29, 0.717) is 60.8 Å². The molecule has 7 heteroatoms. The molecule has 1 amide bonds. The lowest BCUT2D eigenvalue weighted by Gasteiger charge is -2.26. The number of aryl methyl sites for hydroxylation is 2. The number of rotatable bonds is 10. The van der Waals surface area contributed by atoms with Crippen LogP contribution < -0.4 is 14.9 Å². The zero-order valence-electron chi connectivity index (χ0n) is 21.1. The minimum absolute atomic E-state index is 0.112. The minimum atomic E-state index is -0.588. The smallest absolute Gasteiger partial charge is 0.290 e. The summed E-state index contributed by atoms with van der Waals surface area (Å²) >= 11 is 0. The Labute approximate surface area is 205 Å². The maximum atomic E-state index is 13.8. The van der Waals surface area contributed by atoms with Crippen molar-refractivity contribution in [2.45, 2.75) is 46.6 Å². The number of hydrogen-bond acceptors (Lipinski definition) is 6. The fourth-order valence-corrected chi connectivity index (χ4v) is 4.73. The van der Waals surface area contributed by atoms with Crippen molar-refractivity contribution >= 4 is 16.9 Å². The molecule has 1 aliphatic heterocycles. The van der Waals surface area contributed by atoms with Crippen LogP contribution in [0.4, 0.5) is 0 Å².